The molecular formula is C14H18N3O4+. The average molecular weight is 292 g/mol. The van der Waals surface area contributed by atoms with Gasteiger partial charge >= 0.3 is 0 Å². The highest BCUT2D eigenvalue weighted by molar-refractivity contribution is 5.36. The van der Waals surface area contributed by atoms with Crippen molar-refractivity contribution in [3.63, 3.8) is 0 Å². The van der Waals surface area contributed by atoms with Gasteiger partial charge in [0, 0.05) is 5.56 Å². The lowest BCUT2D eigenvalue weighted by molar-refractivity contribution is -0.570. The summed E-state index contributed by atoms with van der Waals surface area (Å²) in [5, 5.41) is 21.7. The Balaban J connectivity index is 0.00000220. The summed E-state index contributed by atoms with van der Waals surface area (Å²) in [5.41, 5.74) is 0.722. The molecule has 0 saturated carbocycles. The van der Waals surface area contributed by atoms with Crippen LogP contribution in [0.25, 0.3) is 0 Å². The minimum atomic E-state index is -0.0146. The van der Waals surface area contributed by atoms with Crippen LogP contribution in [0.15, 0.2) is 53.8 Å². The minimum absolute atomic E-state index is 0. The lowest BCUT2D eigenvalue weighted by Gasteiger charge is -2.07. The van der Waals surface area contributed by atoms with E-state index in [1.54, 1.807) is 43.5 Å². The van der Waals surface area contributed by atoms with Crippen molar-refractivity contribution in [1.29, 1.82) is 0 Å². The van der Waals surface area contributed by atoms with E-state index in [1.165, 1.54) is 0 Å². The molecule has 0 amide bonds. The van der Waals surface area contributed by atoms with Crippen LogP contribution in [-0.4, -0.2) is 17.2 Å². The highest BCUT2D eigenvalue weighted by atomic mass is 16.6. The Morgan fingerprint density at radius 2 is 1.48 bits per heavy atom. The summed E-state index contributed by atoms with van der Waals surface area (Å²) < 4.78 is 10.7. The molecule has 0 aliphatic carbocycles. The molecule has 0 spiro atoms. The van der Waals surface area contributed by atoms with E-state index in [9.17, 15) is 5.21 Å². The number of benzene rings is 2. The van der Waals surface area contributed by atoms with Gasteiger partial charge in [0.15, 0.2) is 5.28 Å². The van der Waals surface area contributed by atoms with Gasteiger partial charge in [-0.25, -0.2) is 0 Å². The molecule has 0 heterocycles. The van der Waals surface area contributed by atoms with Gasteiger partial charge in [-0.15, -0.1) is 0 Å². The monoisotopic (exact) mass is 292 g/mol. The van der Waals surface area contributed by atoms with Gasteiger partial charge in [0.1, 0.15) is 17.2 Å². The van der Waals surface area contributed by atoms with Crippen LogP contribution in [0.4, 0.5) is 0 Å². The molecular weight excluding hydrogens is 274 g/mol. The Morgan fingerprint density at radius 3 is 1.95 bits per heavy atom. The molecule has 2 aromatic carbocycles. The van der Waals surface area contributed by atoms with Gasteiger partial charge in [0.25, 0.3) is 0 Å². The van der Waals surface area contributed by atoms with E-state index in [-0.39, 0.29) is 17.6 Å². The van der Waals surface area contributed by atoms with Crippen molar-refractivity contribution in [2.24, 2.45) is 5.28 Å². The molecule has 0 fully saturated rings. The molecule has 7 nitrogen and oxygen atoms in total. The first-order valence-electron chi connectivity index (χ1n) is 5.92. The number of rotatable bonds is 5. The van der Waals surface area contributed by atoms with Crippen LogP contribution in [-0.2, 0) is 6.54 Å². The van der Waals surface area contributed by atoms with Gasteiger partial charge in [0.2, 0.25) is 6.54 Å². The van der Waals surface area contributed by atoms with Crippen molar-refractivity contribution in [3.05, 3.63) is 59.3 Å². The van der Waals surface area contributed by atoms with Crippen LogP contribution in [0.1, 0.15) is 5.56 Å². The summed E-state index contributed by atoms with van der Waals surface area (Å²) in [6.45, 7) is -0.0146. The van der Waals surface area contributed by atoms with Crippen molar-refractivity contribution in [1.82, 2.24) is 6.15 Å². The molecule has 112 valence electrons. The third-order valence-electron chi connectivity index (χ3n) is 2.64. The molecule has 7 heteroatoms. The summed E-state index contributed by atoms with van der Waals surface area (Å²) in [4.78, 5) is 0.194. The lowest BCUT2D eigenvalue weighted by atomic mass is 10.2. The van der Waals surface area contributed by atoms with Crippen molar-refractivity contribution in [3.8, 4) is 17.2 Å². The molecule has 0 unspecified atom stereocenters. The Kier molecular flexibility index (Phi) is 5.97. The zero-order valence-electron chi connectivity index (χ0n) is 11.9. The lowest BCUT2D eigenvalue weighted by Crippen LogP contribution is -1.99. The predicted octanol–water partition coefficient (Wildman–Crippen LogP) is 3.72. The molecule has 2 aromatic rings. The van der Waals surface area contributed by atoms with E-state index in [0.29, 0.717) is 11.5 Å². The molecule has 0 atom stereocenters. The predicted molar refractivity (Wildman–Crippen MR) is 77.0 cm³/mol. The first kappa shape index (κ1) is 16.3. The van der Waals surface area contributed by atoms with Crippen LogP contribution < -0.4 is 15.6 Å². The molecule has 0 saturated heterocycles. The van der Waals surface area contributed by atoms with Gasteiger partial charge in [-0.3, -0.25) is 0 Å². The summed E-state index contributed by atoms with van der Waals surface area (Å²) in [6, 6.07) is 14.2. The Hall–Kier alpha value is -2.80. The Labute approximate surface area is 122 Å². The fourth-order valence-corrected chi connectivity index (χ4v) is 1.63. The van der Waals surface area contributed by atoms with Gasteiger partial charge < -0.3 is 26.0 Å². The second-order valence-electron chi connectivity index (χ2n) is 4.02. The van der Waals surface area contributed by atoms with E-state index < -0.39 is 0 Å². The maximum Gasteiger partial charge on any atom is 0.209 e. The maximum absolute atomic E-state index is 10.9. The van der Waals surface area contributed by atoms with Gasteiger partial charge in [-0.1, -0.05) is 4.86 Å². The summed E-state index contributed by atoms with van der Waals surface area (Å²) >= 11 is 0. The van der Waals surface area contributed by atoms with Crippen LogP contribution in [0, 0.1) is 5.21 Å². The second-order valence-corrected chi connectivity index (χ2v) is 4.02. The fraction of sp³-hybridized carbons (Fsp3) is 0.143. The number of nitrogens with zero attached hydrogens (tertiary/aromatic N) is 2. The largest absolute Gasteiger partial charge is 0.597 e. The smallest absolute Gasteiger partial charge is 0.209 e. The van der Waals surface area contributed by atoms with Gasteiger partial charge in [0.05, 0.1) is 7.11 Å². The van der Waals surface area contributed by atoms with Crippen molar-refractivity contribution in [2.75, 3.05) is 7.11 Å². The zero-order chi connectivity index (χ0) is 14.4. The van der Waals surface area contributed by atoms with E-state index in [1.807, 2.05) is 12.1 Å². The van der Waals surface area contributed by atoms with E-state index in [0.717, 1.165) is 11.3 Å². The standard InChI is InChI=1S/C14H14N2O4.H3N/c1-19-12-6-8-14(9-7-12)20-13-4-2-11(3-5-13)10-16(18)15-17;/h2-9,17H,10H2,1H3;1H3/p+1/b16-15-;. The Bertz CT molecular complexity index is 582. The average Bonchev–Trinajstić information content (AvgIpc) is 2.50. The summed E-state index contributed by atoms with van der Waals surface area (Å²) in [6.07, 6.45) is 0. The second kappa shape index (κ2) is 7.71. The minimum Gasteiger partial charge on any atom is -0.597 e. The van der Waals surface area contributed by atoms with Crippen LogP contribution in [0.3, 0.4) is 0 Å². The first-order valence-corrected chi connectivity index (χ1v) is 5.92. The number of hydrogen-bond acceptors (Lipinski definition) is 4. The van der Waals surface area contributed by atoms with E-state index in [4.69, 9.17) is 14.7 Å². The molecule has 0 aliphatic heterocycles. The van der Waals surface area contributed by atoms with E-state index in [2.05, 4.69) is 5.28 Å². The molecule has 21 heavy (non-hydrogen) atoms. The highest BCUT2D eigenvalue weighted by Gasteiger charge is 2.02. The maximum atomic E-state index is 10.9. The normalized spacial score (nSPS) is 10.6. The first-order chi connectivity index (χ1) is 9.71. The molecule has 0 aromatic heterocycles. The molecule has 0 radical (unpaired) electrons. The fourth-order valence-electron chi connectivity index (χ4n) is 1.63. The number of hydroxylamine groups is 1. The number of hydrogen-bond donors (Lipinski definition) is 2. The number of ether oxygens (including phenoxy) is 2. The third kappa shape index (κ3) is 4.66. The van der Waals surface area contributed by atoms with Crippen molar-refractivity contribution in [2.45, 2.75) is 6.54 Å². The SMILES string of the molecule is COc1ccc(Oc2ccc(C/[N+]([O-])=N/O)cc2)cc1.[NH4+]. The van der Waals surface area contributed by atoms with Gasteiger partial charge in [-0.05, 0) is 48.5 Å². The number of quaternary nitrogens is 1. The van der Waals surface area contributed by atoms with Crippen LogP contribution >= 0.6 is 0 Å². The highest BCUT2D eigenvalue weighted by Crippen LogP contribution is 2.24. The number of methoxy groups -OCH3 is 1. The topological polar surface area (TPSA) is 114 Å². The van der Waals surface area contributed by atoms with Crippen molar-refractivity contribution < 1.29 is 19.5 Å². The van der Waals surface area contributed by atoms with E-state index >= 15 is 0 Å². The summed E-state index contributed by atoms with van der Waals surface area (Å²) in [7, 11) is 1.60. The summed E-state index contributed by atoms with van der Waals surface area (Å²) in [5.74, 6) is 2.10. The molecule has 5 N–H and O–H groups in total. The molecule has 2 rings (SSSR count). The van der Waals surface area contributed by atoms with Crippen LogP contribution in [0.5, 0.6) is 17.2 Å². The third-order valence-corrected chi connectivity index (χ3v) is 2.64. The molecule has 0 aliphatic rings. The Morgan fingerprint density at radius 1 is 1.00 bits per heavy atom. The van der Waals surface area contributed by atoms with Gasteiger partial charge in [-0.2, -0.15) is 0 Å². The zero-order valence-corrected chi connectivity index (χ0v) is 11.9. The quantitative estimate of drug-likeness (QED) is 0.496. The van der Waals surface area contributed by atoms with Crippen LogP contribution in [0.2, 0.25) is 0 Å². The van der Waals surface area contributed by atoms with Crippen molar-refractivity contribution >= 4 is 0 Å². The molecule has 0 bridgehead atoms.